The number of nitrogens with zero attached hydrogens (tertiary/aromatic N) is 2. The lowest BCUT2D eigenvalue weighted by molar-refractivity contribution is 0.102. The molecule has 136 valence electrons. The van der Waals surface area contributed by atoms with Gasteiger partial charge in [-0.05, 0) is 49.2 Å². The Bertz CT molecular complexity index is 947. The second kappa shape index (κ2) is 7.33. The van der Waals surface area contributed by atoms with Gasteiger partial charge in [0, 0.05) is 29.7 Å². The van der Waals surface area contributed by atoms with Gasteiger partial charge in [-0.1, -0.05) is 12.1 Å². The maximum Gasteiger partial charge on any atom is 0.319 e. The van der Waals surface area contributed by atoms with Gasteiger partial charge in [0.05, 0.1) is 17.7 Å². The van der Waals surface area contributed by atoms with Crippen molar-refractivity contribution in [2.45, 2.75) is 18.9 Å². The van der Waals surface area contributed by atoms with E-state index in [1.807, 2.05) is 35.0 Å². The number of amides is 3. The smallest absolute Gasteiger partial charge is 0.319 e. The topological polar surface area (TPSA) is 88.1 Å². The lowest BCUT2D eigenvalue weighted by Crippen LogP contribution is -2.30. The molecule has 3 amide bonds. The van der Waals surface area contributed by atoms with Crippen molar-refractivity contribution in [1.82, 2.24) is 14.9 Å². The normalized spacial score (nSPS) is 13.0. The van der Waals surface area contributed by atoms with Gasteiger partial charge in [-0.25, -0.2) is 9.78 Å². The van der Waals surface area contributed by atoms with E-state index in [0.29, 0.717) is 23.0 Å². The zero-order chi connectivity index (χ0) is 18.6. The number of hydrogen-bond donors (Lipinski definition) is 3. The van der Waals surface area contributed by atoms with Crippen molar-refractivity contribution in [3.8, 4) is 5.69 Å². The molecule has 4 rings (SSSR count). The second-order valence-corrected chi connectivity index (χ2v) is 6.39. The molecule has 7 heteroatoms. The molecule has 3 aromatic rings. The Labute approximate surface area is 156 Å². The zero-order valence-electron chi connectivity index (χ0n) is 14.6. The van der Waals surface area contributed by atoms with E-state index in [2.05, 4.69) is 20.9 Å². The molecule has 0 spiro atoms. The number of urea groups is 1. The van der Waals surface area contributed by atoms with Crippen LogP contribution in [0.1, 0.15) is 23.2 Å². The second-order valence-electron chi connectivity index (χ2n) is 6.39. The molecule has 0 bridgehead atoms. The predicted octanol–water partition coefficient (Wildman–Crippen LogP) is 3.41. The van der Waals surface area contributed by atoms with Crippen LogP contribution in [0.4, 0.5) is 16.2 Å². The predicted molar refractivity (Wildman–Crippen MR) is 103 cm³/mol. The van der Waals surface area contributed by atoms with E-state index in [4.69, 9.17) is 0 Å². The standard InChI is InChI=1S/C20H19N5O2/c26-19(24-17-3-1-2-4-18(17)25-12-11-21-13-25)14-5-7-15(8-6-14)22-20(27)23-16-9-10-16/h1-8,11-13,16H,9-10H2,(H,24,26)(H2,22,23,27). The van der Waals surface area contributed by atoms with Crippen LogP contribution in [0, 0.1) is 0 Å². The maximum absolute atomic E-state index is 12.6. The van der Waals surface area contributed by atoms with Gasteiger partial charge in [0.2, 0.25) is 0 Å². The van der Waals surface area contributed by atoms with E-state index in [0.717, 1.165) is 18.5 Å². The number of benzene rings is 2. The Kier molecular flexibility index (Phi) is 4.57. The van der Waals surface area contributed by atoms with Gasteiger partial charge in [0.1, 0.15) is 0 Å². The van der Waals surface area contributed by atoms with Gasteiger partial charge in [0.15, 0.2) is 0 Å². The molecule has 7 nitrogen and oxygen atoms in total. The summed E-state index contributed by atoms with van der Waals surface area (Å²) in [6.45, 7) is 0. The summed E-state index contributed by atoms with van der Waals surface area (Å²) in [5, 5.41) is 8.54. The molecule has 0 atom stereocenters. The van der Waals surface area contributed by atoms with Crippen LogP contribution in [-0.4, -0.2) is 27.5 Å². The quantitative estimate of drug-likeness (QED) is 0.651. The van der Waals surface area contributed by atoms with Crippen molar-refractivity contribution in [2.75, 3.05) is 10.6 Å². The van der Waals surface area contributed by atoms with E-state index in [-0.39, 0.29) is 11.9 Å². The van der Waals surface area contributed by atoms with Crippen LogP contribution in [0.15, 0.2) is 67.3 Å². The summed E-state index contributed by atoms with van der Waals surface area (Å²) < 4.78 is 1.83. The number of nitrogens with one attached hydrogen (secondary N) is 3. The van der Waals surface area contributed by atoms with Crippen LogP contribution in [-0.2, 0) is 0 Å². The Balaban J connectivity index is 1.43. The number of anilines is 2. The van der Waals surface area contributed by atoms with Crippen molar-refractivity contribution in [2.24, 2.45) is 0 Å². The lowest BCUT2D eigenvalue weighted by Gasteiger charge is -2.12. The van der Waals surface area contributed by atoms with Gasteiger partial charge in [-0.2, -0.15) is 0 Å². The third-order valence-corrected chi connectivity index (χ3v) is 4.25. The van der Waals surface area contributed by atoms with Crippen LogP contribution < -0.4 is 16.0 Å². The van der Waals surface area contributed by atoms with E-state index in [1.165, 1.54) is 0 Å². The highest BCUT2D eigenvalue weighted by atomic mass is 16.2. The van der Waals surface area contributed by atoms with Crippen LogP contribution in [0.2, 0.25) is 0 Å². The van der Waals surface area contributed by atoms with Gasteiger partial charge in [-0.15, -0.1) is 0 Å². The molecule has 1 aliphatic rings. The summed E-state index contributed by atoms with van der Waals surface area (Å²) in [6.07, 6.45) is 7.25. The molecule has 1 saturated carbocycles. The molecular weight excluding hydrogens is 342 g/mol. The molecule has 0 unspecified atom stereocenters. The van der Waals surface area contributed by atoms with E-state index in [1.54, 1.807) is 36.8 Å². The fraction of sp³-hybridized carbons (Fsp3) is 0.150. The number of para-hydroxylation sites is 2. The molecule has 0 saturated heterocycles. The third kappa shape index (κ3) is 4.14. The first-order chi connectivity index (χ1) is 13.2. The van der Waals surface area contributed by atoms with Crippen molar-refractivity contribution in [3.05, 3.63) is 72.8 Å². The van der Waals surface area contributed by atoms with Crippen molar-refractivity contribution >= 4 is 23.3 Å². The number of rotatable bonds is 5. The Morgan fingerprint density at radius 1 is 1.00 bits per heavy atom. The summed E-state index contributed by atoms with van der Waals surface area (Å²) in [4.78, 5) is 28.4. The van der Waals surface area contributed by atoms with Gasteiger partial charge < -0.3 is 20.5 Å². The average Bonchev–Trinajstić information content (AvgIpc) is 3.31. The van der Waals surface area contributed by atoms with E-state index < -0.39 is 0 Å². The number of aromatic nitrogens is 2. The van der Waals surface area contributed by atoms with Gasteiger partial charge in [-0.3, -0.25) is 4.79 Å². The van der Waals surface area contributed by atoms with E-state index >= 15 is 0 Å². The summed E-state index contributed by atoms with van der Waals surface area (Å²) >= 11 is 0. The summed E-state index contributed by atoms with van der Waals surface area (Å²) in [7, 11) is 0. The minimum absolute atomic E-state index is 0.219. The number of imidazole rings is 1. The number of carbonyl (C=O) groups is 2. The Hall–Kier alpha value is -3.61. The largest absolute Gasteiger partial charge is 0.335 e. The fourth-order valence-corrected chi connectivity index (χ4v) is 2.69. The average molecular weight is 361 g/mol. The molecule has 1 heterocycles. The number of carbonyl (C=O) groups excluding carboxylic acids is 2. The number of hydrogen-bond acceptors (Lipinski definition) is 3. The lowest BCUT2D eigenvalue weighted by atomic mass is 10.2. The highest BCUT2D eigenvalue weighted by Gasteiger charge is 2.23. The molecule has 1 fully saturated rings. The summed E-state index contributed by atoms with van der Waals surface area (Å²) in [6, 6.07) is 14.4. The Morgan fingerprint density at radius 3 is 2.48 bits per heavy atom. The molecule has 1 aliphatic carbocycles. The maximum atomic E-state index is 12.6. The van der Waals surface area contributed by atoms with E-state index in [9.17, 15) is 9.59 Å². The van der Waals surface area contributed by atoms with Gasteiger partial charge in [0.25, 0.3) is 5.91 Å². The minimum atomic E-state index is -0.225. The highest BCUT2D eigenvalue weighted by Crippen LogP contribution is 2.21. The molecule has 3 N–H and O–H groups in total. The summed E-state index contributed by atoms with van der Waals surface area (Å²) in [5.74, 6) is -0.225. The molecule has 27 heavy (non-hydrogen) atoms. The molecule has 0 aliphatic heterocycles. The third-order valence-electron chi connectivity index (χ3n) is 4.25. The van der Waals surface area contributed by atoms with Crippen LogP contribution in [0.25, 0.3) is 5.69 Å². The zero-order valence-corrected chi connectivity index (χ0v) is 14.6. The molecule has 2 aromatic carbocycles. The van der Waals surface area contributed by atoms with Crippen molar-refractivity contribution in [3.63, 3.8) is 0 Å². The van der Waals surface area contributed by atoms with Crippen LogP contribution in [0.3, 0.4) is 0 Å². The molecular formula is C20H19N5O2. The monoisotopic (exact) mass is 361 g/mol. The molecule has 0 radical (unpaired) electrons. The van der Waals surface area contributed by atoms with Crippen LogP contribution >= 0.6 is 0 Å². The Morgan fingerprint density at radius 2 is 1.78 bits per heavy atom. The first-order valence-corrected chi connectivity index (χ1v) is 8.75. The van der Waals surface area contributed by atoms with Crippen molar-refractivity contribution in [1.29, 1.82) is 0 Å². The first-order valence-electron chi connectivity index (χ1n) is 8.75. The van der Waals surface area contributed by atoms with Crippen molar-refractivity contribution < 1.29 is 9.59 Å². The first kappa shape index (κ1) is 16.8. The summed E-state index contributed by atoms with van der Waals surface area (Å²) in [5.41, 5.74) is 2.66. The van der Waals surface area contributed by atoms with Crippen LogP contribution in [0.5, 0.6) is 0 Å². The SMILES string of the molecule is O=C(Nc1ccc(C(=O)Nc2ccccc2-n2ccnc2)cc1)NC1CC1. The molecule has 1 aromatic heterocycles. The minimum Gasteiger partial charge on any atom is -0.335 e. The van der Waals surface area contributed by atoms with Gasteiger partial charge >= 0.3 is 6.03 Å². The fourth-order valence-electron chi connectivity index (χ4n) is 2.69. The highest BCUT2D eigenvalue weighted by molar-refractivity contribution is 6.05.